The molecule has 3 nitrogen and oxygen atoms in total. The Bertz CT molecular complexity index is 371. The van der Waals surface area contributed by atoms with E-state index in [0.29, 0.717) is 6.04 Å². The molecule has 1 aromatic heterocycles. The summed E-state index contributed by atoms with van der Waals surface area (Å²) >= 11 is 3.47. The van der Waals surface area contributed by atoms with Crippen LogP contribution in [-0.4, -0.2) is 36.1 Å². The fraction of sp³-hybridized carbons (Fsp3) is 0.667. The molecular weight excluding hydrogens is 302 g/mol. The molecule has 0 aliphatic carbocycles. The van der Waals surface area contributed by atoms with Gasteiger partial charge < -0.3 is 5.32 Å². The average molecular weight is 326 g/mol. The molecule has 0 unspecified atom stereocenters. The quantitative estimate of drug-likeness (QED) is 0.900. The van der Waals surface area contributed by atoms with Crippen LogP contribution in [0.3, 0.4) is 0 Å². The van der Waals surface area contributed by atoms with Crippen LogP contribution >= 0.6 is 15.9 Å². The minimum atomic E-state index is 0.470. The summed E-state index contributed by atoms with van der Waals surface area (Å²) in [5, 5.41) is 3.43. The first-order chi connectivity index (χ1) is 9.16. The smallest absolute Gasteiger partial charge is 0.0576 e. The topological polar surface area (TPSA) is 28.2 Å². The molecule has 2 heterocycles. The zero-order valence-corrected chi connectivity index (χ0v) is 13.5. The van der Waals surface area contributed by atoms with Crippen molar-refractivity contribution in [3.05, 3.63) is 28.5 Å². The second-order valence-electron chi connectivity index (χ2n) is 5.67. The van der Waals surface area contributed by atoms with Gasteiger partial charge in [0.2, 0.25) is 0 Å². The number of hydrogen-bond donors (Lipinski definition) is 1. The van der Waals surface area contributed by atoms with E-state index >= 15 is 0 Å². The fourth-order valence-corrected chi connectivity index (χ4v) is 2.82. The molecule has 1 saturated heterocycles. The van der Waals surface area contributed by atoms with Crippen LogP contribution in [0.2, 0.25) is 0 Å². The SMILES string of the molecule is CC(C)CC[C@@H](c1ccc(Br)cn1)N1CCNCC1. The van der Waals surface area contributed by atoms with Crippen LogP contribution in [0, 0.1) is 5.92 Å². The molecule has 0 aromatic carbocycles. The zero-order chi connectivity index (χ0) is 13.7. The predicted molar refractivity (Wildman–Crippen MR) is 83.2 cm³/mol. The summed E-state index contributed by atoms with van der Waals surface area (Å²) in [7, 11) is 0. The molecule has 19 heavy (non-hydrogen) atoms. The molecule has 106 valence electrons. The van der Waals surface area contributed by atoms with Crippen LogP contribution in [0.15, 0.2) is 22.8 Å². The van der Waals surface area contributed by atoms with Crippen molar-refractivity contribution in [2.24, 2.45) is 5.92 Å². The van der Waals surface area contributed by atoms with E-state index in [2.05, 4.69) is 57.1 Å². The molecular formula is C15H24BrN3. The van der Waals surface area contributed by atoms with Gasteiger partial charge in [-0.25, -0.2) is 0 Å². The van der Waals surface area contributed by atoms with E-state index in [1.807, 2.05) is 6.20 Å². The first-order valence-corrected chi connectivity index (χ1v) is 8.02. The van der Waals surface area contributed by atoms with Gasteiger partial charge in [-0.15, -0.1) is 0 Å². The molecule has 1 aliphatic heterocycles. The third-order valence-electron chi connectivity index (χ3n) is 3.70. The molecule has 4 heteroatoms. The Balaban J connectivity index is 2.10. The van der Waals surface area contributed by atoms with Gasteiger partial charge in [0.25, 0.3) is 0 Å². The molecule has 0 radical (unpaired) electrons. The Morgan fingerprint density at radius 3 is 2.58 bits per heavy atom. The summed E-state index contributed by atoms with van der Waals surface area (Å²) < 4.78 is 1.05. The Kier molecular flexibility index (Phi) is 5.79. The molecule has 1 aromatic rings. The molecule has 0 amide bonds. The maximum atomic E-state index is 4.62. The van der Waals surface area contributed by atoms with Crippen molar-refractivity contribution in [3.63, 3.8) is 0 Å². The fourth-order valence-electron chi connectivity index (χ4n) is 2.59. The minimum Gasteiger partial charge on any atom is -0.314 e. The lowest BCUT2D eigenvalue weighted by Crippen LogP contribution is -2.45. The Labute approximate surface area is 124 Å². The van der Waals surface area contributed by atoms with Gasteiger partial charge in [0.1, 0.15) is 0 Å². The largest absolute Gasteiger partial charge is 0.314 e. The summed E-state index contributed by atoms with van der Waals surface area (Å²) in [5.41, 5.74) is 1.21. The molecule has 2 rings (SSSR count). The van der Waals surface area contributed by atoms with Crippen LogP contribution in [0.5, 0.6) is 0 Å². The van der Waals surface area contributed by atoms with E-state index in [-0.39, 0.29) is 0 Å². The van der Waals surface area contributed by atoms with Crippen molar-refractivity contribution in [1.29, 1.82) is 0 Å². The monoisotopic (exact) mass is 325 g/mol. The van der Waals surface area contributed by atoms with Gasteiger partial charge in [-0.3, -0.25) is 9.88 Å². The molecule has 1 N–H and O–H groups in total. The molecule has 0 bridgehead atoms. The van der Waals surface area contributed by atoms with E-state index in [1.165, 1.54) is 18.5 Å². The number of nitrogens with zero attached hydrogens (tertiary/aromatic N) is 2. The van der Waals surface area contributed by atoms with Gasteiger partial charge >= 0.3 is 0 Å². The highest BCUT2D eigenvalue weighted by atomic mass is 79.9. The van der Waals surface area contributed by atoms with Gasteiger partial charge in [0.15, 0.2) is 0 Å². The molecule has 1 fully saturated rings. The summed E-state index contributed by atoms with van der Waals surface area (Å²) in [6.45, 7) is 9.03. The maximum absolute atomic E-state index is 4.62. The number of hydrogen-bond acceptors (Lipinski definition) is 3. The zero-order valence-electron chi connectivity index (χ0n) is 11.9. The number of halogens is 1. The highest BCUT2D eigenvalue weighted by molar-refractivity contribution is 9.10. The van der Waals surface area contributed by atoms with Crippen LogP contribution in [0.1, 0.15) is 38.4 Å². The van der Waals surface area contributed by atoms with Crippen molar-refractivity contribution >= 4 is 15.9 Å². The summed E-state index contributed by atoms with van der Waals surface area (Å²) in [5.74, 6) is 0.751. The van der Waals surface area contributed by atoms with Gasteiger partial charge in [-0.05, 0) is 46.8 Å². The van der Waals surface area contributed by atoms with E-state index in [1.54, 1.807) is 0 Å². The van der Waals surface area contributed by atoms with Crippen LogP contribution in [0.25, 0.3) is 0 Å². The van der Waals surface area contributed by atoms with Crippen LogP contribution in [0.4, 0.5) is 0 Å². The first kappa shape index (κ1) is 14.9. The second-order valence-corrected chi connectivity index (χ2v) is 6.59. The average Bonchev–Trinajstić information content (AvgIpc) is 2.42. The van der Waals surface area contributed by atoms with Gasteiger partial charge in [0, 0.05) is 36.8 Å². The predicted octanol–water partition coefficient (Wildman–Crippen LogP) is 3.23. The minimum absolute atomic E-state index is 0.470. The van der Waals surface area contributed by atoms with E-state index in [0.717, 1.165) is 36.6 Å². The normalized spacial score (nSPS) is 18.7. The lowest BCUT2D eigenvalue weighted by atomic mass is 9.99. The Morgan fingerprint density at radius 1 is 1.26 bits per heavy atom. The number of pyridine rings is 1. The van der Waals surface area contributed by atoms with Gasteiger partial charge in [-0.2, -0.15) is 0 Å². The van der Waals surface area contributed by atoms with Crippen LogP contribution < -0.4 is 5.32 Å². The van der Waals surface area contributed by atoms with Crippen molar-refractivity contribution < 1.29 is 0 Å². The first-order valence-electron chi connectivity index (χ1n) is 7.23. The molecule has 0 saturated carbocycles. The van der Waals surface area contributed by atoms with Crippen LogP contribution in [-0.2, 0) is 0 Å². The summed E-state index contributed by atoms with van der Waals surface area (Å²) in [4.78, 5) is 7.20. The second kappa shape index (κ2) is 7.36. The van der Waals surface area contributed by atoms with Crippen molar-refractivity contribution in [3.8, 4) is 0 Å². The Hall–Kier alpha value is -0.450. The molecule has 1 atom stereocenters. The molecule has 0 spiro atoms. The number of piperazine rings is 1. The van der Waals surface area contributed by atoms with Crippen molar-refractivity contribution in [2.75, 3.05) is 26.2 Å². The van der Waals surface area contributed by atoms with Gasteiger partial charge in [-0.1, -0.05) is 13.8 Å². The van der Waals surface area contributed by atoms with Crippen molar-refractivity contribution in [2.45, 2.75) is 32.7 Å². The number of aromatic nitrogens is 1. The lowest BCUT2D eigenvalue weighted by molar-refractivity contribution is 0.156. The third kappa shape index (κ3) is 4.55. The summed E-state index contributed by atoms with van der Waals surface area (Å²) in [6, 6.07) is 4.74. The lowest BCUT2D eigenvalue weighted by Gasteiger charge is -2.35. The third-order valence-corrected chi connectivity index (χ3v) is 4.17. The highest BCUT2D eigenvalue weighted by Gasteiger charge is 2.23. The number of rotatable bonds is 5. The molecule has 1 aliphatic rings. The van der Waals surface area contributed by atoms with Gasteiger partial charge in [0.05, 0.1) is 11.7 Å². The maximum Gasteiger partial charge on any atom is 0.0576 e. The van der Waals surface area contributed by atoms with E-state index in [9.17, 15) is 0 Å². The Morgan fingerprint density at radius 2 is 2.00 bits per heavy atom. The number of nitrogens with one attached hydrogen (secondary N) is 1. The van der Waals surface area contributed by atoms with Crippen molar-refractivity contribution in [1.82, 2.24) is 15.2 Å². The standard InChI is InChI=1S/C15H24BrN3/c1-12(2)3-6-15(19-9-7-17-8-10-19)14-5-4-13(16)11-18-14/h4-5,11-12,15,17H,3,6-10H2,1-2H3/t15-/m0/s1. The highest BCUT2D eigenvalue weighted by Crippen LogP contribution is 2.27. The van der Waals surface area contributed by atoms with E-state index in [4.69, 9.17) is 0 Å². The van der Waals surface area contributed by atoms with E-state index < -0.39 is 0 Å². The summed E-state index contributed by atoms with van der Waals surface area (Å²) in [6.07, 6.45) is 4.37.